The lowest BCUT2D eigenvalue weighted by atomic mass is 10.2. The van der Waals surface area contributed by atoms with Crippen molar-refractivity contribution in [2.24, 2.45) is 0 Å². The molecule has 6 nitrogen and oxygen atoms in total. The van der Waals surface area contributed by atoms with Crippen molar-refractivity contribution in [3.05, 3.63) is 52.1 Å². The highest BCUT2D eigenvalue weighted by molar-refractivity contribution is 7.21. The zero-order valence-corrected chi connectivity index (χ0v) is 18.9. The quantitative estimate of drug-likeness (QED) is 0.403. The van der Waals surface area contributed by atoms with Gasteiger partial charge >= 0.3 is 0 Å². The molecule has 0 aliphatic carbocycles. The van der Waals surface area contributed by atoms with E-state index in [0.29, 0.717) is 11.5 Å². The predicted octanol–water partition coefficient (Wildman–Crippen LogP) is 5.73. The van der Waals surface area contributed by atoms with Crippen LogP contribution in [-0.2, 0) is 4.74 Å². The van der Waals surface area contributed by atoms with Gasteiger partial charge in [-0.25, -0.2) is 0 Å². The fourth-order valence-electron chi connectivity index (χ4n) is 4.28. The van der Waals surface area contributed by atoms with Crippen LogP contribution in [0.15, 0.2) is 36.5 Å². The van der Waals surface area contributed by atoms with Crippen LogP contribution in [0, 0.1) is 6.92 Å². The molecule has 1 aliphatic rings. The molecule has 4 heterocycles. The van der Waals surface area contributed by atoms with Crippen molar-refractivity contribution in [1.29, 1.82) is 0 Å². The van der Waals surface area contributed by atoms with Gasteiger partial charge in [-0.15, -0.1) is 11.3 Å². The van der Waals surface area contributed by atoms with Crippen molar-refractivity contribution in [2.75, 3.05) is 25.6 Å². The molecule has 160 valence electrons. The number of rotatable bonds is 5. The third-order valence-corrected chi connectivity index (χ3v) is 7.44. The molecular formula is C23H23ClN4O2S. The minimum Gasteiger partial charge on any atom is -0.383 e. The Morgan fingerprint density at radius 1 is 1.39 bits per heavy atom. The molecule has 1 amide bonds. The Kier molecular flexibility index (Phi) is 5.33. The minimum atomic E-state index is 0.0597. The van der Waals surface area contributed by atoms with Crippen LogP contribution in [-0.4, -0.2) is 47.1 Å². The number of nitrogens with zero attached hydrogens (tertiary/aromatic N) is 2. The van der Waals surface area contributed by atoms with Crippen LogP contribution in [0.3, 0.4) is 0 Å². The summed E-state index contributed by atoms with van der Waals surface area (Å²) in [5.74, 6) is 0.0597. The first-order chi connectivity index (χ1) is 15.0. The highest BCUT2D eigenvalue weighted by Gasteiger charge is 2.30. The number of fused-ring (bicyclic) bond motifs is 2. The molecule has 1 fully saturated rings. The third-order valence-electron chi connectivity index (χ3n) is 5.81. The number of methoxy groups -OCH3 is 1. The second-order valence-electron chi connectivity index (χ2n) is 7.88. The zero-order valence-electron chi connectivity index (χ0n) is 17.4. The van der Waals surface area contributed by atoms with Gasteiger partial charge in [0.25, 0.3) is 5.91 Å². The maximum atomic E-state index is 13.2. The summed E-state index contributed by atoms with van der Waals surface area (Å²) >= 11 is 7.91. The van der Waals surface area contributed by atoms with E-state index in [4.69, 9.17) is 16.3 Å². The molecule has 4 aromatic rings. The van der Waals surface area contributed by atoms with Gasteiger partial charge in [0, 0.05) is 42.1 Å². The molecule has 31 heavy (non-hydrogen) atoms. The second kappa shape index (κ2) is 8.15. The van der Waals surface area contributed by atoms with Gasteiger partial charge in [-0.3, -0.25) is 9.78 Å². The van der Waals surface area contributed by atoms with Crippen molar-refractivity contribution >= 4 is 61.3 Å². The molecule has 0 radical (unpaired) electrons. The SMILES string of the molecule is COCC1CCCN1C(=O)c1cc2nccc(Nc3ccc4[nH]c(C)c(Cl)c4c3)c2s1. The Bertz CT molecular complexity index is 1280. The molecule has 3 aromatic heterocycles. The summed E-state index contributed by atoms with van der Waals surface area (Å²) in [5.41, 5.74) is 4.63. The van der Waals surface area contributed by atoms with Gasteiger partial charge in [0.2, 0.25) is 0 Å². The lowest BCUT2D eigenvalue weighted by Gasteiger charge is -2.23. The van der Waals surface area contributed by atoms with E-state index in [1.807, 2.05) is 42.2 Å². The number of benzene rings is 1. The zero-order chi connectivity index (χ0) is 21.5. The molecule has 1 atom stereocenters. The van der Waals surface area contributed by atoms with E-state index in [0.717, 1.165) is 62.6 Å². The Labute approximate surface area is 189 Å². The number of hydrogen-bond donors (Lipinski definition) is 2. The third kappa shape index (κ3) is 3.67. The van der Waals surface area contributed by atoms with Gasteiger partial charge in [-0.2, -0.15) is 0 Å². The number of hydrogen-bond acceptors (Lipinski definition) is 5. The topological polar surface area (TPSA) is 70.2 Å². The van der Waals surface area contributed by atoms with Crippen LogP contribution in [0.25, 0.3) is 21.1 Å². The Balaban J connectivity index is 1.46. The largest absolute Gasteiger partial charge is 0.383 e. The van der Waals surface area contributed by atoms with Crippen LogP contribution in [0.5, 0.6) is 0 Å². The summed E-state index contributed by atoms with van der Waals surface area (Å²) in [5, 5.41) is 5.20. The van der Waals surface area contributed by atoms with Crippen LogP contribution >= 0.6 is 22.9 Å². The summed E-state index contributed by atoms with van der Waals surface area (Å²) < 4.78 is 6.27. The van der Waals surface area contributed by atoms with Crippen molar-refractivity contribution in [3.8, 4) is 0 Å². The van der Waals surface area contributed by atoms with Crippen molar-refractivity contribution < 1.29 is 9.53 Å². The van der Waals surface area contributed by atoms with E-state index in [2.05, 4.69) is 15.3 Å². The van der Waals surface area contributed by atoms with Gasteiger partial charge < -0.3 is 19.9 Å². The van der Waals surface area contributed by atoms with Crippen molar-refractivity contribution in [2.45, 2.75) is 25.8 Å². The van der Waals surface area contributed by atoms with Gasteiger partial charge in [-0.1, -0.05) is 11.6 Å². The lowest BCUT2D eigenvalue weighted by Crippen LogP contribution is -2.37. The van der Waals surface area contributed by atoms with Crippen molar-refractivity contribution in [3.63, 3.8) is 0 Å². The number of thiophene rings is 1. The molecule has 0 saturated carbocycles. The Morgan fingerprint density at radius 2 is 2.26 bits per heavy atom. The second-order valence-corrected chi connectivity index (χ2v) is 9.31. The van der Waals surface area contributed by atoms with Crippen LogP contribution in [0.1, 0.15) is 28.2 Å². The highest BCUT2D eigenvalue weighted by Crippen LogP contribution is 2.35. The van der Waals surface area contributed by atoms with Crippen molar-refractivity contribution in [1.82, 2.24) is 14.9 Å². The number of carbonyl (C=O) groups excluding carboxylic acids is 1. The maximum Gasteiger partial charge on any atom is 0.264 e. The molecule has 2 N–H and O–H groups in total. The number of aryl methyl sites for hydroxylation is 1. The minimum absolute atomic E-state index is 0.0597. The number of carbonyl (C=O) groups is 1. The fraction of sp³-hybridized carbons (Fsp3) is 0.304. The molecular weight excluding hydrogens is 432 g/mol. The fourth-order valence-corrected chi connectivity index (χ4v) is 5.52. The summed E-state index contributed by atoms with van der Waals surface area (Å²) in [6.45, 7) is 3.31. The molecule has 1 unspecified atom stereocenters. The first kappa shape index (κ1) is 20.3. The molecule has 0 spiro atoms. The number of H-pyrrole nitrogens is 1. The molecule has 0 bridgehead atoms. The first-order valence-corrected chi connectivity index (χ1v) is 11.5. The van der Waals surface area contributed by atoms with E-state index in [1.54, 1.807) is 13.3 Å². The number of nitrogens with one attached hydrogen (secondary N) is 2. The molecule has 5 rings (SSSR count). The van der Waals surface area contributed by atoms with Gasteiger partial charge in [-0.05, 0) is 50.1 Å². The summed E-state index contributed by atoms with van der Waals surface area (Å²) in [7, 11) is 1.68. The average Bonchev–Trinajstić information content (AvgIpc) is 3.47. The van der Waals surface area contributed by atoms with Crippen LogP contribution in [0.2, 0.25) is 5.02 Å². The average molecular weight is 455 g/mol. The summed E-state index contributed by atoms with van der Waals surface area (Å²) in [6.07, 6.45) is 3.76. The van der Waals surface area contributed by atoms with Gasteiger partial charge in [0.05, 0.1) is 38.5 Å². The molecule has 1 saturated heterocycles. The van der Waals surface area contributed by atoms with E-state index >= 15 is 0 Å². The molecule has 8 heteroatoms. The summed E-state index contributed by atoms with van der Waals surface area (Å²) in [6, 6.07) is 10.0. The number of anilines is 2. The van der Waals surface area contributed by atoms with Crippen LogP contribution < -0.4 is 5.32 Å². The van der Waals surface area contributed by atoms with E-state index in [9.17, 15) is 4.79 Å². The smallest absolute Gasteiger partial charge is 0.264 e. The maximum absolute atomic E-state index is 13.2. The van der Waals surface area contributed by atoms with E-state index in [1.165, 1.54) is 11.3 Å². The summed E-state index contributed by atoms with van der Waals surface area (Å²) in [4.78, 5) is 23.6. The predicted molar refractivity (Wildman–Crippen MR) is 127 cm³/mol. The lowest BCUT2D eigenvalue weighted by molar-refractivity contribution is 0.0635. The standard InChI is InChI=1S/C23H23ClN4O2S/c1-13-21(24)16-10-14(5-6-17(16)26-13)27-18-7-8-25-19-11-20(31-22(18)19)23(29)28-9-3-4-15(28)12-30-2/h5-8,10-11,15,26H,3-4,9,12H2,1-2H3,(H,25,27). The number of halogens is 1. The molecule has 1 aromatic carbocycles. The van der Waals surface area contributed by atoms with E-state index < -0.39 is 0 Å². The Morgan fingerprint density at radius 3 is 3.10 bits per heavy atom. The number of ether oxygens (including phenoxy) is 1. The normalized spacial score (nSPS) is 16.5. The number of amides is 1. The molecule has 1 aliphatic heterocycles. The Hall–Kier alpha value is -2.61. The number of aromatic nitrogens is 2. The monoisotopic (exact) mass is 454 g/mol. The van der Waals surface area contributed by atoms with E-state index in [-0.39, 0.29) is 11.9 Å². The highest BCUT2D eigenvalue weighted by atomic mass is 35.5. The van der Waals surface area contributed by atoms with Gasteiger partial charge in [0.1, 0.15) is 0 Å². The van der Waals surface area contributed by atoms with Crippen LogP contribution in [0.4, 0.5) is 11.4 Å². The number of pyridine rings is 1. The number of aromatic amines is 1. The first-order valence-electron chi connectivity index (χ1n) is 10.3. The number of likely N-dealkylation sites (tertiary alicyclic amines) is 1. The van der Waals surface area contributed by atoms with Gasteiger partial charge in [0.15, 0.2) is 0 Å².